The normalized spacial score (nSPS) is 10.4. The summed E-state index contributed by atoms with van der Waals surface area (Å²) in [4.78, 5) is 24.7. The van der Waals surface area contributed by atoms with Crippen molar-refractivity contribution in [1.82, 2.24) is 14.9 Å². The molecule has 0 fully saturated rings. The quantitative estimate of drug-likeness (QED) is 0.788. The monoisotopic (exact) mass is 312 g/mol. The average molecular weight is 312 g/mol. The fourth-order valence-electron chi connectivity index (χ4n) is 2.43. The van der Waals surface area contributed by atoms with E-state index in [0.29, 0.717) is 12.2 Å². The Morgan fingerprint density at radius 2 is 1.78 bits per heavy atom. The van der Waals surface area contributed by atoms with Gasteiger partial charge in [-0.25, -0.2) is 4.98 Å². The maximum absolute atomic E-state index is 12.4. The van der Waals surface area contributed by atoms with Crippen molar-refractivity contribution in [3.05, 3.63) is 54.1 Å². The number of carbonyl (C=O) groups excluding carboxylic acids is 1. The third-order valence-corrected chi connectivity index (χ3v) is 3.93. The molecule has 0 saturated carbocycles. The van der Waals surface area contributed by atoms with Crippen molar-refractivity contribution in [2.45, 2.75) is 20.3 Å². The van der Waals surface area contributed by atoms with Gasteiger partial charge >= 0.3 is 0 Å². The summed E-state index contributed by atoms with van der Waals surface area (Å²) in [6, 6.07) is 7.70. The van der Waals surface area contributed by atoms with E-state index in [1.165, 1.54) is 5.56 Å². The Morgan fingerprint density at radius 1 is 1.09 bits per heavy atom. The van der Waals surface area contributed by atoms with E-state index < -0.39 is 0 Å². The first-order valence-electron chi connectivity index (χ1n) is 8.01. The second-order valence-electron chi connectivity index (χ2n) is 5.41. The van der Waals surface area contributed by atoms with Gasteiger partial charge in [0, 0.05) is 39.1 Å². The minimum atomic E-state index is -0.0508. The molecule has 2 heterocycles. The maximum Gasteiger partial charge on any atom is 0.272 e. The molecule has 0 aromatic carbocycles. The second kappa shape index (κ2) is 8.27. The molecule has 0 radical (unpaired) electrons. The van der Waals surface area contributed by atoms with Crippen LogP contribution < -0.4 is 4.90 Å². The fraction of sp³-hybridized carbons (Fsp3) is 0.389. The summed E-state index contributed by atoms with van der Waals surface area (Å²) < 4.78 is 0. The summed E-state index contributed by atoms with van der Waals surface area (Å²) in [6.07, 6.45) is 6.12. The lowest BCUT2D eigenvalue weighted by molar-refractivity contribution is 0.0791. The van der Waals surface area contributed by atoms with E-state index in [2.05, 4.69) is 28.7 Å². The van der Waals surface area contributed by atoms with Crippen LogP contribution in [0.5, 0.6) is 0 Å². The molecule has 0 N–H and O–H groups in total. The van der Waals surface area contributed by atoms with Crippen molar-refractivity contribution in [1.29, 1.82) is 0 Å². The Kier molecular flexibility index (Phi) is 6.09. The number of amides is 1. The van der Waals surface area contributed by atoms with Gasteiger partial charge in [0.15, 0.2) is 0 Å². The first-order chi connectivity index (χ1) is 11.2. The zero-order valence-corrected chi connectivity index (χ0v) is 14.1. The number of nitrogens with zero attached hydrogens (tertiary/aromatic N) is 4. The van der Waals surface area contributed by atoms with Gasteiger partial charge in [0.2, 0.25) is 0 Å². The molecule has 0 aliphatic rings. The Hall–Kier alpha value is -2.43. The third-order valence-electron chi connectivity index (χ3n) is 3.93. The number of hydrogen-bond acceptors (Lipinski definition) is 4. The van der Waals surface area contributed by atoms with E-state index in [9.17, 15) is 4.79 Å². The van der Waals surface area contributed by atoms with Crippen molar-refractivity contribution < 1.29 is 4.79 Å². The lowest BCUT2D eigenvalue weighted by Crippen LogP contribution is -2.29. The molecule has 0 spiro atoms. The summed E-state index contributed by atoms with van der Waals surface area (Å²) in [6.45, 7) is 6.72. The molecular weight excluding hydrogens is 288 g/mol. The summed E-state index contributed by atoms with van der Waals surface area (Å²) in [5.41, 5.74) is 2.70. The maximum atomic E-state index is 12.4. The van der Waals surface area contributed by atoms with Crippen LogP contribution in [0.4, 0.5) is 5.69 Å². The van der Waals surface area contributed by atoms with Gasteiger partial charge in [-0.1, -0.05) is 0 Å². The lowest BCUT2D eigenvalue weighted by atomic mass is 10.2. The Labute approximate surface area is 138 Å². The van der Waals surface area contributed by atoms with Crippen molar-refractivity contribution in [2.75, 3.05) is 31.6 Å². The molecule has 2 aromatic rings. The molecule has 0 atom stereocenters. The van der Waals surface area contributed by atoms with Crippen LogP contribution in [0.15, 0.2) is 42.9 Å². The fourth-order valence-corrected chi connectivity index (χ4v) is 2.43. The highest BCUT2D eigenvalue weighted by molar-refractivity contribution is 5.92. The molecule has 0 bridgehead atoms. The number of carbonyl (C=O) groups is 1. The van der Waals surface area contributed by atoms with E-state index >= 15 is 0 Å². The molecule has 2 aromatic heterocycles. The highest BCUT2D eigenvalue weighted by Crippen LogP contribution is 2.13. The van der Waals surface area contributed by atoms with E-state index in [-0.39, 0.29) is 5.91 Å². The summed E-state index contributed by atoms with van der Waals surface area (Å²) >= 11 is 0. The largest absolute Gasteiger partial charge is 0.371 e. The Bertz CT molecular complexity index is 609. The van der Waals surface area contributed by atoms with Gasteiger partial charge in [0.05, 0.1) is 11.9 Å². The molecule has 122 valence electrons. The Balaban J connectivity index is 1.96. The van der Waals surface area contributed by atoms with Crippen LogP contribution in [0.3, 0.4) is 0 Å². The zero-order valence-electron chi connectivity index (χ0n) is 14.1. The minimum absolute atomic E-state index is 0.0508. The van der Waals surface area contributed by atoms with Crippen LogP contribution in [0, 0.1) is 0 Å². The summed E-state index contributed by atoms with van der Waals surface area (Å²) in [7, 11) is 1.81. The van der Waals surface area contributed by atoms with E-state index in [4.69, 9.17) is 0 Å². The number of anilines is 1. The number of pyridine rings is 2. The molecule has 0 aliphatic carbocycles. The average Bonchev–Trinajstić information content (AvgIpc) is 2.61. The molecule has 2 rings (SSSR count). The number of aromatic nitrogens is 2. The lowest BCUT2D eigenvalue weighted by Gasteiger charge is -2.21. The van der Waals surface area contributed by atoms with Crippen LogP contribution in [0.1, 0.15) is 29.9 Å². The first kappa shape index (κ1) is 16.9. The highest BCUT2D eigenvalue weighted by Gasteiger charge is 2.13. The molecule has 0 aliphatic heterocycles. The van der Waals surface area contributed by atoms with Crippen LogP contribution in [0.25, 0.3) is 0 Å². The summed E-state index contributed by atoms with van der Waals surface area (Å²) in [5, 5.41) is 0. The molecule has 0 unspecified atom stereocenters. The van der Waals surface area contributed by atoms with E-state index in [0.717, 1.165) is 25.2 Å². The predicted molar refractivity (Wildman–Crippen MR) is 92.7 cm³/mol. The van der Waals surface area contributed by atoms with Gasteiger partial charge in [-0.05, 0) is 50.1 Å². The van der Waals surface area contributed by atoms with Gasteiger partial charge in [-0.3, -0.25) is 9.78 Å². The molecular formula is C18H24N4O. The topological polar surface area (TPSA) is 49.3 Å². The molecule has 5 nitrogen and oxygen atoms in total. The Morgan fingerprint density at radius 3 is 2.35 bits per heavy atom. The van der Waals surface area contributed by atoms with E-state index in [1.807, 2.05) is 25.2 Å². The van der Waals surface area contributed by atoms with Crippen molar-refractivity contribution >= 4 is 11.6 Å². The van der Waals surface area contributed by atoms with Crippen LogP contribution >= 0.6 is 0 Å². The molecule has 0 saturated heterocycles. The van der Waals surface area contributed by atoms with Gasteiger partial charge in [-0.15, -0.1) is 0 Å². The number of hydrogen-bond donors (Lipinski definition) is 0. The molecule has 23 heavy (non-hydrogen) atoms. The molecule has 5 heteroatoms. The van der Waals surface area contributed by atoms with E-state index in [1.54, 1.807) is 29.6 Å². The van der Waals surface area contributed by atoms with Crippen molar-refractivity contribution in [3.8, 4) is 0 Å². The third kappa shape index (κ3) is 4.52. The van der Waals surface area contributed by atoms with Crippen LogP contribution in [-0.2, 0) is 6.42 Å². The second-order valence-corrected chi connectivity index (χ2v) is 5.41. The SMILES string of the molecule is CCN(CC)c1ccc(C(=O)N(C)CCc2ccncc2)nc1. The van der Waals surface area contributed by atoms with Gasteiger partial charge < -0.3 is 9.80 Å². The van der Waals surface area contributed by atoms with Crippen LogP contribution in [0.2, 0.25) is 0 Å². The van der Waals surface area contributed by atoms with Gasteiger partial charge in [0.25, 0.3) is 5.91 Å². The van der Waals surface area contributed by atoms with Crippen molar-refractivity contribution in [3.63, 3.8) is 0 Å². The number of rotatable bonds is 7. The molecule has 1 amide bonds. The predicted octanol–water partition coefficient (Wildman–Crippen LogP) is 2.64. The first-order valence-corrected chi connectivity index (χ1v) is 8.01. The van der Waals surface area contributed by atoms with Crippen LogP contribution in [-0.4, -0.2) is 47.5 Å². The smallest absolute Gasteiger partial charge is 0.272 e. The van der Waals surface area contributed by atoms with Gasteiger partial charge in [0.1, 0.15) is 5.69 Å². The van der Waals surface area contributed by atoms with Gasteiger partial charge in [-0.2, -0.15) is 0 Å². The van der Waals surface area contributed by atoms with Crippen molar-refractivity contribution in [2.24, 2.45) is 0 Å². The number of likely N-dealkylation sites (N-methyl/N-ethyl adjacent to an activating group) is 1. The summed E-state index contributed by atoms with van der Waals surface area (Å²) in [5.74, 6) is -0.0508. The zero-order chi connectivity index (χ0) is 16.7. The minimum Gasteiger partial charge on any atom is -0.371 e. The standard InChI is InChI=1S/C18H24N4O/c1-4-22(5-2)16-6-7-17(20-14-16)18(23)21(3)13-10-15-8-11-19-12-9-15/h6-9,11-12,14H,4-5,10,13H2,1-3H3. The highest BCUT2D eigenvalue weighted by atomic mass is 16.2.